The van der Waals surface area contributed by atoms with Gasteiger partial charge in [0.05, 0.1) is 11.3 Å². The number of hydrogen-bond acceptors (Lipinski definition) is 2. The molecule has 2 amide bonds. The minimum Gasteiger partial charge on any atom is -0.478 e. The Kier molecular flexibility index (Phi) is 4.85. The molecule has 0 bridgehead atoms. The Labute approximate surface area is 131 Å². The Balaban J connectivity index is 2.04. The molecule has 1 aromatic carbocycles. The van der Waals surface area contributed by atoms with Gasteiger partial charge < -0.3 is 15.3 Å². The second-order valence-corrected chi connectivity index (χ2v) is 6.35. The average molecular weight is 388 g/mol. The number of carboxylic acid groups (broad SMARTS) is 1. The summed E-state index contributed by atoms with van der Waals surface area (Å²) in [5.41, 5.74) is 0.450. The number of anilines is 1. The van der Waals surface area contributed by atoms with Crippen LogP contribution < -0.4 is 5.32 Å². The van der Waals surface area contributed by atoms with Crippen LogP contribution in [0.1, 0.15) is 29.6 Å². The van der Waals surface area contributed by atoms with Crippen LogP contribution in [0.4, 0.5) is 10.5 Å². The predicted octanol–water partition coefficient (Wildman–Crippen LogP) is 3.25. The van der Waals surface area contributed by atoms with E-state index < -0.39 is 5.97 Å². The highest BCUT2D eigenvalue weighted by atomic mass is 127. The van der Waals surface area contributed by atoms with Crippen LogP contribution in [0.5, 0.6) is 0 Å². The molecule has 0 saturated heterocycles. The summed E-state index contributed by atoms with van der Waals surface area (Å²) < 4.78 is 0.820. The van der Waals surface area contributed by atoms with E-state index >= 15 is 0 Å². The number of carbonyl (C=O) groups excluding carboxylic acids is 1. The molecule has 0 heterocycles. The first-order valence-corrected chi connectivity index (χ1v) is 7.60. The highest BCUT2D eigenvalue weighted by molar-refractivity contribution is 14.1. The van der Waals surface area contributed by atoms with Crippen molar-refractivity contribution in [1.82, 2.24) is 4.90 Å². The minimum absolute atomic E-state index is 0.113. The smallest absolute Gasteiger partial charge is 0.337 e. The van der Waals surface area contributed by atoms with Crippen molar-refractivity contribution < 1.29 is 14.7 Å². The molecule has 0 spiro atoms. The van der Waals surface area contributed by atoms with Gasteiger partial charge in [-0.05, 0) is 59.5 Å². The summed E-state index contributed by atoms with van der Waals surface area (Å²) in [6.07, 6.45) is 3.57. The fourth-order valence-electron chi connectivity index (χ4n) is 2.16. The Bertz CT molecular complexity index is 529. The summed E-state index contributed by atoms with van der Waals surface area (Å²) in [5.74, 6) is -0.457. The normalized spacial score (nSPS) is 14.5. The fraction of sp³-hybridized carbons (Fsp3) is 0.429. The molecule has 0 aliphatic heterocycles. The van der Waals surface area contributed by atoms with Gasteiger partial charge in [-0.3, -0.25) is 0 Å². The molecule has 1 fully saturated rings. The van der Waals surface area contributed by atoms with E-state index in [-0.39, 0.29) is 11.6 Å². The minimum atomic E-state index is -1.04. The standard InChI is InChI=1S/C14H17IN2O3/c1-17(8-9-3-2-4-9)14(20)16-12-6-5-10(15)7-11(12)13(18)19/h5-7,9H,2-4,8H2,1H3,(H,16,20)(H,18,19). The largest absolute Gasteiger partial charge is 0.478 e. The number of nitrogens with zero attached hydrogens (tertiary/aromatic N) is 1. The second-order valence-electron chi connectivity index (χ2n) is 5.10. The number of carbonyl (C=O) groups is 2. The fourth-order valence-corrected chi connectivity index (χ4v) is 2.65. The Morgan fingerprint density at radius 2 is 2.15 bits per heavy atom. The van der Waals surface area contributed by atoms with Crippen molar-refractivity contribution >= 4 is 40.3 Å². The molecule has 20 heavy (non-hydrogen) atoms. The molecule has 2 N–H and O–H groups in total. The first-order valence-electron chi connectivity index (χ1n) is 6.52. The zero-order valence-electron chi connectivity index (χ0n) is 11.2. The van der Waals surface area contributed by atoms with Gasteiger partial charge in [0, 0.05) is 17.2 Å². The summed E-state index contributed by atoms with van der Waals surface area (Å²) in [5, 5.41) is 11.8. The third-order valence-electron chi connectivity index (χ3n) is 3.56. The number of urea groups is 1. The molecule has 0 atom stereocenters. The lowest BCUT2D eigenvalue weighted by atomic mass is 9.85. The molecule has 6 heteroatoms. The summed E-state index contributed by atoms with van der Waals surface area (Å²) in [6, 6.07) is 4.68. The molecule has 0 radical (unpaired) electrons. The van der Waals surface area contributed by atoms with Crippen LogP contribution in [0.3, 0.4) is 0 Å². The zero-order valence-corrected chi connectivity index (χ0v) is 13.4. The Hall–Kier alpha value is -1.31. The molecule has 1 aliphatic carbocycles. The van der Waals surface area contributed by atoms with Gasteiger partial charge in [0.25, 0.3) is 0 Å². The Morgan fingerprint density at radius 3 is 2.70 bits per heavy atom. The van der Waals surface area contributed by atoms with E-state index in [9.17, 15) is 9.59 Å². The molecular weight excluding hydrogens is 371 g/mol. The van der Waals surface area contributed by atoms with Gasteiger partial charge in [-0.15, -0.1) is 0 Å². The molecule has 0 aromatic heterocycles. The van der Waals surface area contributed by atoms with E-state index in [1.165, 1.54) is 19.3 Å². The van der Waals surface area contributed by atoms with Crippen LogP contribution in [-0.4, -0.2) is 35.6 Å². The molecule has 5 nitrogen and oxygen atoms in total. The van der Waals surface area contributed by atoms with Crippen LogP contribution in [0.25, 0.3) is 0 Å². The van der Waals surface area contributed by atoms with Crippen LogP contribution in [0.15, 0.2) is 18.2 Å². The summed E-state index contributed by atoms with van der Waals surface area (Å²) >= 11 is 2.04. The van der Waals surface area contributed by atoms with Crippen molar-refractivity contribution in [2.75, 3.05) is 18.9 Å². The Morgan fingerprint density at radius 1 is 1.45 bits per heavy atom. The molecule has 2 rings (SSSR count). The number of benzene rings is 1. The van der Waals surface area contributed by atoms with E-state index in [4.69, 9.17) is 5.11 Å². The van der Waals surface area contributed by atoms with Crippen molar-refractivity contribution in [1.29, 1.82) is 0 Å². The monoisotopic (exact) mass is 388 g/mol. The van der Waals surface area contributed by atoms with Gasteiger partial charge >= 0.3 is 12.0 Å². The first kappa shape index (κ1) is 15.1. The van der Waals surface area contributed by atoms with E-state index in [1.54, 1.807) is 30.1 Å². The zero-order chi connectivity index (χ0) is 14.7. The summed E-state index contributed by atoms with van der Waals surface area (Å²) in [4.78, 5) is 24.9. The average Bonchev–Trinajstić information content (AvgIpc) is 2.35. The van der Waals surface area contributed by atoms with Crippen molar-refractivity contribution in [3.63, 3.8) is 0 Å². The number of halogens is 1. The van der Waals surface area contributed by atoms with Gasteiger partial charge in [0.2, 0.25) is 0 Å². The highest BCUT2D eigenvalue weighted by Crippen LogP contribution is 2.27. The van der Waals surface area contributed by atoms with E-state index in [0.717, 1.165) is 10.1 Å². The quantitative estimate of drug-likeness (QED) is 0.779. The second kappa shape index (κ2) is 6.43. The van der Waals surface area contributed by atoms with Crippen LogP contribution in [0.2, 0.25) is 0 Å². The molecule has 1 aromatic rings. The van der Waals surface area contributed by atoms with Crippen molar-refractivity contribution in [2.45, 2.75) is 19.3 Å². The third kappa shape index (κ3) is 3.62. The van der Waals surface area contributed by atoms with Gasteiger partial charge in [0.1, 0.15) is 0 Å². The van der Waals surface area contributed by atoms with E-state index in [0.29, 0.717) is 11.6 Å². The number of aromatic carboxylic acids is 1. The number of hydrogen-bond donors (Lipinski definition) is 2. The molecular formula is C14H17IN2O3. The predicted molar refractivity (Wildman–Crippen MR) is 85.1 cm³/mol. The van der Waals surface area contributed by atoms with Gasteiger partial charge in [-0.1, -0.05) is 6.42 Å². The first-order chi connectivity index (χ1) is 9.47. The van der Waals surface area contributed by atoms with Gasteiger partial charge in [-0.2, -0.15) is 0 Å². The molecule has 1 saturated carbocycles. The third-order valence-corrected chi connectivity index (χ3v) is 4.23. The van der Waals surface area contributed by atoms with Crippen LogP contribution in [-0.2, 0) is 0 Å². The van der Waals surface area contributed by atoms with Gasteiger partial charge in [0.15, 0.2) is 0 Å². The van der Waals surface area contributed by atoms with E-state index in [1.807, 2.05) is 22.6 Å². The van der Waals surface area contributed by atoms with Gasteiger partial charge in [-0.25, -0.2) is 9.59 Å². The van der Waals surface area contributed by atoms with Crippen LogP contribution in [0, 0.1) is 9.49 Å². The maximum atomic E-state index is 12.1. The SMILES string of the molecule is CN(CC1CCC1)C(=O)Nc1ccc(I)cc1C(=O)O. The topological polar surface area (TPSA) is 69.6 Å². The lowest BCUT2D eigenvalue weighted by Gasteiger charge is -2.30. The van der Waals surface area contributed by atoms with E-state index in [2.05, 4.69) is 5.32 Å². The number of nitrogens with one attached hydrogen (secondary N) is 1. The number of carboxylic acids is 1. The van der Waals surface area contributed by atoms with Crippen molar-refractivity contribution in [2.24, 2.45) is 5.92 Å². The molecule has 0 unspecified atom stereocenters. The highest BCUT2D eigenvalue weighted by Gasteiger charge is 2.22. The molecule has 108 valence electrons. The maximum Gasteiger partial charge on any atom is 0.337 e. The van der Waals surface area contributed by atoms with Crippen molar-refractivity contribution in [3.8, 4) is 0 Å². The molecule has 1 aliphatic rings. The lowest BCUT2D eigenvalue weighted by Crippen LogP contribution is -2.37. The maximum absolute atomic E-state index is 12.1. The number of amides is 2. The lowest BCUT2D eigenvalue weighted by molar-refractivity contribution is 0.0698. The summed E-state index contributed by atoms with van der Waals surface area (Å²) in [7, 11) is 1.74. The van der Waals surface area contributed by atoms with Crippen LogP contribution >= 0.6 is 22.6 Å². The van der Waals surface area contributed by atoms with Crippen molar-refractivity contribution in [3.05, 3.63) is 27.3 Å². The number of rotatable bonds is 4. The summed E-state index contributed by atoms with van der Waals surface area (Å²) in [6.45, 7) is 0.721.